The molecule has 2 aromatic carbocycles. The van der Waals surface area contributed by atoms with E-state index < -0.39 is 21.8 Å². The first-order valence-electron chi connectivity index (χ1n) is 8.65. The first-order valence-corrected chi connectivity index (χ1v) is 10.1. The second-order valence-electron chi connectivity index (χ2n) is 5.98. The van der Waals surface area contributed by atoms with E-state index in [1.54, 1.807) is 31.2 Å². The van der Waals surface area contributed by atoms with Gasteiger partial charge in [0, 0.05) is 24.6 Å². The van der Waals surface area contributed by atoms with E-state index in [9.17, 15) is 18.0 Å². The molecule has 0 aliphatic carbocycles. The van der Waals surface area contributed by atoms with Gasteiger partial charge in [-0.3, -0.25) is 20.4 Å². The molecule has 0 saturated heterocycles. The van der Waals surface area contributed by atoms with E-state index in [4.69, 9.17) is 9.47 Å². The first-order chi connectivity index (χ1) is 13.8. The molecule has 0 heterocycles. The van der Waals surface area contributed by atoms with Crippen LogP contribution in [0.4, 0.5) is 0 Å². The number of nitrogens with one attached hydrogen (secondary N) is 3. The lowest BCUT2D eigenvalue weighted by atomic mass is 10.1. The molecule has 0 atom stereocenters. The van der Waals surface area contributed by atoms with Crippen molar-refractivity contribution in [2.24, 2.45) is 0 Å². The van der Waals surface area contributed by atoms with E-state index in [0.29, 0.717) is 11.3 Å². The zero-order chi connectivity index (χ0) is 21.4. The normalized spacial score (nSPS) is 10.9. The largest absolute Gasteiger partial charge is 0.493 e. The van der Waals surface area contributed by atoms with Crippen LogP contribution in [-0.2, 0) is 14.8 Å². The van der Waals surface area contributed by atoms with Gasteiger partial charge in [0.25, 0.3) is 5.91 Å². The third kappa shape index (κ3) is 5.93. The summed E-state index contributed by atoms with van der Waals surface area (Å²) in [6.45, 7) is 1.63. The van der Waals surface area contributed by atoms with E-state index in [1.165, 1.54) is 32.4 Å². The Balaban J connectivity index is 1.86. The van der Waals surface area contributed by atoms with Crippen LogP contribution in [0.2, 0.25) is 0 Å². The summed E-state index contributed by atoms with van der Waals surface area (Å²) in [5.41, 5.74) is 5.76. The number of rotatable bonds is 8. The van der Waals surface area contributed by atoms with Crippen molar-refractivity contribution in [1.82, 2.24) is 15.6 Å². The molecule has 29 heavy (non-hydrogen) atoms. The molecule has 9 nitrogen and oxygen atoms in total. The van der Waals surface area contributed by atoms with Gasteiger partial charge in [-0.25, -0.2) is 13.1 Å². The van der Waals surface area contributed by atoms with Crippen LogP contribution in [0.5, 0.6) is 11.5 Å². The molecule has 3 N–H and O–H groups in total. The Morgan fingerprint density at radius 1 is 0.966 bits per heavy atom. The number of amides is 2. The Bertz CT molecular complexity index is 991. The molecule has 0 aliphatic rings. The van der Waals surface area contributed by atoms with Crippen molar-refractivity contribution >= 4 is 21.8 Å². The monoisotopic (exact) mass is 421 g/mol. The number of hydrogen-bond donors (Lipinski definition) is 3. The molecule has 0 aliphatic heterocycles. The highest BCUT2D eigenvalue weighted by atomic mass is 32.2. The molecule has 0 radical (unpaired) electrons. The highest BCUT2D eigenvalue weighted by Gasteiger charge is 2.17. The predicted molar refractivity (Wildman–Crippen MR) is 106 cm³/mol. The number of carbonyl (C=O) groups is 2. The molecule has 0 saturated carbocycles. The number of benzene rings is 2. The van der Waals surface area contributed by atoms with E-state index in [0.717, 1.165) is 5.56 Å². The Hall–Kier alpha value is -3.11. The highest BCUT2D eigenvalue weighted by molar-refractivity contribution is 7.89. The van der Waals surface area contributed by atoms with Crippen molar-refractivity contribution < 1.29 is 27.5 Å². The number of hydrazine groups is 1. The van der Waals surface area contributed by atoms with Crippen LogP contribution >= 0.6 is 0 Å². The summed E-state index contributed by atoms with van der Waals surface area (Å²) in [6, 6.07) is 11.1. The topological polar surface area (TPSA) is 123 Å². The molecule has 2 aromatic rings. The van der Waals surface area contributed by atoms with Gasteiger partial charge in [0.1, 0.15) is 0 Å². The Labute approximate surface area is 169 Å². The van der Waals surface area contributed by atoms with Gasteiger partial charge in [0.05, 0.1) is 19.1 Å². The molecular weight excluding hydrogens is 398 g/mol. The number of aryl methyl sites for hydroxylation is 1. The van der Waals surface area contributed by atoms with E-state index >= 15 is 0 Å². The van der Waals surface area contributed by atoms with Crippen molar-refractivity contribution in [2.75, 3.05) is 20.8 Å². The fraction of sp³-hybridized carbons (Fsp3) is 0.263. The fourth-order valence-electron chi connectivity index (χ4n) is 2.45. The number of methoxy groups -OCH3 is 2. The minimum atomic E-state index is -3.85. The van der Waals surface area contributed by atoms with E-state index in [-0.39, 0.29) is 23.6 Å². The third-order valence-corrected chi connectivity index (χ3v) is 5.47. The molecule has 0 fully saturated rings. The van der Waals surface area contributed by atoms with Gasteiger partial charge in [0.15, 0.2) is 11.5 Å². The van der Waals surface area contributed by atoms with Gasteiger partial charge in [-0.15, -0.1) is 0 Å². The molecule has 2 rings (SSSR count). The average Bonchev–Trinajstić information content (AvgIpc) is 2.71. The zero-order valence-corrected chi connectivity index (χ0v) is 17.1. The second-order valence-corrected chi connectivity index (χ2v) is 7.75. The van der Waals surface area contributed by atoms with Gasteiger partial charge in [-0.05, 0) is 30.7 Å². The third-order valence-electron chi connectivity index (χ3n) is 4.01. The summed E-state index contributed by atoms with van der Waals surface area (Å²) < 4.78 is 37.2. The maximum absolute atomic E-state index is 12.4. The first kappa shape index (κ1) is 22.2. The maximum Gasteiger partial charge on any atom is 0.269 e. The van der Waals surface area contributed by atoms with Crippen LogP contribution < -0.4 is 25.0 Å². The van der Waals surface area contributed by atoms with Crippen LogP contribution in [0.25, 0.3) is 0 Å². The molecule has 0 unspecified atom stereocenters. The molecule has 0 bridgehead atoms. The molecule has 2 amide bonds. The predicted octanol–water partition coefficient (Wildman–Crippen LogP) is 1.14. The van der Waals surface area contributed by atoms with Crippen molar-refractivity contribution in [3.05, 3.63) is 53.6 Å². The lowest BCUT2D eigenvalue weighted by Gasteiger charge is -2.11. The van der Waals surface area contributed by atoms with E-state index in [2.05, 4.69) is 15.6 Å². The van der Waals surface area contributed by atoms with E-state index in [1.807, 2.05) is 0 Å². The zero-order valence-electron chi connectivity index (χ0n) is 16.3. The highest BCUT2D eigenvalue weighted by Crippen LogP contribution is 2.29. The summed E-state index contributed by atoms with van der Waals surface area (Å²) in [5, 5.41) is 0. The minimum absolute atomic E-state index is 0.0246. The lowest BCUT2D eigenvalue weighted by molar-refractivity contribution is -0.121. The van der Waals surface area contributed by atoms with Gasteiger partial charge in [0.2, 0.25) is 15.9 Å². The van der Waals surface area contributed by atoms with Gasteiger partial charge >= 0.3 is 0 Å². The molecule has 10 heteroatoms. The summed E-state index contributed by atoms with van der Waals surface area (Å²) in [7, 11) is -1.00. The Morgan fingerprint density at radius 2 is 1.66 bits per heavy atom. The van der Waals surface area contributed by atoms with Crippen LogP contribution in [0, 0.1) is 6.92 Å². The molecule has 0 spiro atoms. The maximum atomic E-state index is 12.4. The summed E-state index contributed by atoms with van der Waals surface area (Å²) in [4.78, 5) is 23.9. The summed E-state index contributed by atoms with van der Waals surface area (Å²) in [5.74, 6) is -0.327. The quantitative estimate of drug-likeness (QED) is 0.550. The fourth-order valence-corrected chi connectivity index (χ4v) is 3.50. The molecular formula is C19H23N3O6S. The van der Waals surface area contributed by atoms with Crippen molar-refractivity contribution in [2.45, 2.75) is 18.2 Å². The van der Waals surface area contributed by atoms with Crippen LogP contribution in [0.1, 0.15) is 22.3 Å². The van der Waals surface area contributed by atoms with Crippen molar-refractivity contribution in [3.8, 4) is 11.5 Å². The van der Waals surface area contributed by atoms with Crippen LogP contribution in [0.3, 0.4) is 0 Å². The van der Waals surface area contributed by atoms with Crippen molar-refractivity contribution in [1.29, 1.82) is 0 Å². The van der Waals surface area contributed by atoms with Crippen LogP contribution in [-0.4, -0.2) is 41.0 Å². The SMILES string of the molecule is COc1ccc(S(=O)(=O)NCCC(=O)NNC(=O)c2ccccc2C)cc1OC. The van der Waals surface area contributed by atoms with Gasteiger partial charge in [-0.2, -0.15) is 0 Å². The standard InChI is InChI=1S/C19H23N3O6S/c1-13-6-4-5-7-15(13)19(24)22-21-18(23)10-11-20-29(25,26)14-8-9-16(27-2)17(12-14)28-3/h4-9,12,20H,10-11H2,1-3H3,(H,21,23)(H,22,24). The lowest BCUT2D eigenvalue weighted by Crippen LogP contribution is -2.43. The van der Waals surface area contributed by atoms with Gasteiger partial charge in [-0.1, -0.05) is 18.2 Å². The summed E-state index contributed by atoms with van der Waals surface area (Å²) >= 11 is 0. The number of sulfonamides is 1. The Kier molecular flexibility index (Phi) is 7.57. The second kappa shape index (κ2) is 9.89. The van der Waals surface area contributed by atoms with Crippen LogP contribution in [0.15, 0.2) is 47.4 Å². The average molecular weight is 421 g/mol. The van der Waals surface area contributed by atoms with Crippen molar-refractivity contribution in [3.63, 3.8) is 0 Å². The summed E-state index contributed by atoms with van der Waals surface area (Å²) in [6.07, 6.45) is -0.166. The number of ether oxygens (including phenoxy) is 2. The molecule has 0 aromatic heterocycles. The minimum Gasteiger partial charge on any atom is -0.493 e. The smallest absolute Gasteiger partial charge is 0.269 e. The number of hydrogen-bond acceptors (Lipinski definition) is 6. The number of carbonyl (C=O) groups excluding carboxylic acids is 2. The van der Waals surface area contributed by atoms with Gasteiger partial charge < -0.3 is 9.47 Å². The molecule has 156 valence electrons. The Morgan fingerprint density at radius 3 is 2.31 bits per heavy atom.